The molecule has 7 heteroatoms. The van der Waals surface area contributed by atoms with E-state index in [-0.39, 0.29) is 18.1 Å². The van der Waals surface area contributed by atoms with E-state index >= 15 is 0 Å². The van der Waals surface area contributed by atoms with Gasteiger partial charge in [-0.1, -0.05) is 49.4 Å². The summed E-state index contributed by atoms with van der Waals surface area (Å²) in [6, 6.07) is 26.8. The van der Waals surface area contributed by atoms with E-state index in [0.29, 0.717) is 42.3 Å². The van der Waals surface area contributed by atoms with Crippen molar-refractivity contribution in [3.8, 4) is 45.3 Å². The standard InChI is InChI=1S/C33H34N4O3/c1-4-20-40-25-18-16-24(17-19-25)32-27(21-31(39)36(5-2)6-3)33-34-28(23-12-8-7-9-13-23)22-29(37(33)35-32)26-14-10-11-15-30(26)38/h7-19,22,38H,4-6,20-21H2,1-3H3. The third-order valence-electron chi connectivity index (χ3n) is 6.98. The van der Waals surface area contributed by atoms with E-state index in [1.165, 1.54) is 0 Å². The molecule has 40 heavy (non-hydrogen) atoms. The van der Waals surface area contributed by atoms with Crippen molar-refractivity contribution in [2.24, 2.45) is 0 Å². The molecule has 204 valence electrons. The molecule has 0 bridgehead atoms. The number of likely N-dealkylation sites (N-methyl/N-ethyl adjacent to an activating group) is 1. The van der Waals surface area contributed by atoms with Gasteiger partial charge in [0.15, 0.2) is 5.65 Å². The Kier molecular flexibility index (Phi) is 8.10. The van der Waals surface area contributed by atoms with Gasteiger partial charge in [-0.15, -0.1) is 0 Å². The summed E-state index contributed by atoms with van der Waals surface area (Å²) in [5.41, 5.74) is 5.85. The summed E-state index contributed by atoms with van der Waals surface area (Å²) >= 11 is 0. The summed E-state index contributed by atoms with van der Waals surface area (Å²) in [4.78, 5) is 20.3. The zero-order valence-corrected chi connectivity index (χ0v) is 23.2. The summed E-state index contributed by atoms with van der Waals surface area (Å²) < 4.78 is 7.54. The smallest absolute Gasteiger partial charge is 0.227 e. The number of para-hydroxylation sites is 1. The Hall–Kier alpha value is -4.65. The quantitative estimate of drug-likeness (QED) is 0.217. The molecule has 0 saturated heterocycles. The third-order valence-corrected chi connectivity index (χ3v) is 6.98. The number of carbonyl (C=O) groups excluding carboxylic acids is 1. The van der Waals surface area contributed by atoms with Crippen LogP contribution in [0.4, 0.5) is 0 Å². The number of rotatable bonds is 10. The number of amides is 1. The van der Waals surface area contributed by atoms with Gasteiger partial charge in [0.2, 0.25) is 5.91 Å². The highest BCUT2D eigenvalue weighted by Gasteiger charge is 2.24. The van der Waals surface area contributed by atoms with Crippen molar-refractivity contribution in [2.45, 2.75) is 33.6 Å². The number of hydrogen-bond donors (Lipinski definition) is 1. The number of hydrogen-bond acceptors (Lipinski definition) is 5. The Balaban J connectivity index is 1.77. The molecule has 0 aliphatic heterocycles. The fraction of sp³-hybridized carbons (Fsp3) is 0.242. The van der Waals surface area contributed by atoms with Crippen LogP contribution in [0.1, 0.15) is 32.8 Å². The Morgan fingerprint density at radius 3 is 2.27 bits per heavy atom. The number of aromatic hydroxyl groups is 1. The van der Waals surface area contributed by atoms with Crippen LogP contribution in [0.5, 0.6) is 11.5 Å². The van der Waals surface area contributed by atoms with Gasteiger partial charge in [0.1, 0.15) is 11.5 Å². The van der Waals surface area contributed by atoms with Crippen LogP contribution < -0.4 is 4.74 Å². The van der Waals surface area contributed by atoms with Crippen LogP contribution >= 0.6 is 0 Å². The maximum absolute atomic E-state index is 13.4. The van der Waals surface area contributed by atoms with Crippen LogP contribution in [-0.4, -0.2) is 50.2 Å². The summed E-state index contributed by atoms with van der Waals surface area (Å²) in [5, 5.41) is 15.8. The van der Waals surface area contributed by atoms with Gasteiger partial charge >= 0.3 is 0 Å². The fourth-order valence-corrected chi connectivity index (χ4v) is 4.86. The molecular formula is C33H34N4O3. The number of nitrogens with zero attached hydrogens (tertiary/aromatic N) is 4. The first-order valence-corrected chi connectivity index (χ1v) is 13.8. The molecule has 0 spiro atoms. The number of ether oxygens (including phenoxy) is 1. The van der Waals surface area contributed by atoms with Crippen molar-refractivity contribution in [3.05, 3.63) is 90.5 Å². The lowest BCUT2D eigenvalue weighted by Gasteiger charge is -2.18. The van der Waals surface area contributed by atoms with Gasteiger partial charge in [0.05, 0.1) is 30.1 Å². The lowest BCUT2D eigenvalue weighted by molar-refractivity contribution is -0.130. The lowest BCUT2D eigenvalue weighted by atomic mass is 10.0. The zero-order valence-electron chi connectivity index (χ0n) is 23.2. The molecule has 0 aliphatic carbocycles. The number of phenols is 1. The molecule has 0 aliphatic rings. The molecule has 0 atom stereocenters. The SMILES string of the molecule is CCCOc1ccc(-c2nn3c(-c4ccccc4O)cc(-c4ccccc4)nc3c2CC(=O)N(CC)CC)cc1. The molecule has 5 rings (SSSR count). The van der Waals surface area contributed by atoms with Gasteiger partial charge in [0.25, 0.3) is 0 Å². The first-order chi connectivity index (χ1) is 19.5. The van der Waals surface area contributed by atoms with Crippen LogP contribution in [0.15, 0.2) is 84.9 Å². The molecule has 3 aromatic carbocycles. The first kappa shape index (κ1) is 26.9. The Bertz CT molecular complexity index is 1610. The second-order valence-electron chi connectivity index (χ2n) is 9.59. The lowest BCUT2D eigenvalue weighted by Crippen LogP contribution is -2.31. The summed E-state index contributed by atoms with van der Waals surface area (Å²) in [6.07, 6.45) is 1.08. The number of fused-ring (bicyclic) bond motifs is 1. The molecule has 2 aromatic heterocycles. The monoisotopic (exact) mass is 534 g/mol. The van der Waals surface area contributed by atoms with E-state index in [9.17, 15) is 9.90 Å². The average molecular weight is 535 g/mol. The minimum absolute atomic E-state index is 0.0140. The highest BCUT2D eigenvalue weighted by Crippen LogP contribution is 2.35. The number of carbonyl (C=O) groups is 1. The van der Waals surface area contributed by atoms with Crippen molar-refractivity contribution in [1.82, 2.24) is 19.5 Å². The van der Waals surface area contributed by atoms with E-state index in [1.807, 2.05) is 91.5 Å². The van der Waals surface area contributed by atoms with Gasteiger partial charge < -0.3 is 14.7 Å². The summed E-state index contributed by atoms with van der Waals surface area (Å²) in [7, 11) is 0. The minimum Gasteiger partial charge on any atom is -0.507 e. The molecule has 0 saturated carbocycles. The van der Waals surface area contributed by atoms with Crippen molar-refractivity contribution in [2.75, 3.05) is 19.7 Å². The van der Waals surface area contributed by atoms with E-state index < -0.39 is 0 Å². The summed E-state index contributed by atoms with van der Waals surface area (Å²) in [6.45, 7) is 7.93. The van der Waals surface area contributed by atoms with Crippen LogP contribution in [0.2, 0.25) is 0 Å². The maximum Gasteiger partial charge on any atom is 0.227 e. The zero-order chi connectivity index (χ0) is 28.1. The van der Waals surface area contributed by atoms with Crippen molar-refractivity contribution in [1.29, 1.82) is 0 Å². The van der Waals surface area contributed by atoms with Crippen molar-refractivity contribution >= 4 is 11.6 Å². The molecule has 1 amide bonds. The van der Waals surface area contributed by atoms with E-state index in [4.69, 9.17) is 14.8 Å². The molecule has 7 nitrogen and oxygen atoms in total. The number of benzene rings is 3. The van der Waals surface area contributed by atoms with Crippen LogP contribution in [0, 0.1) is 0 Å². The van der Waals surface area contributed by atoms with Crippen LogP contribution in [0.25, 0.3) is 39.4 Å². The Morgan fingerprint density at radius 1 is 0.900 bits per heavy atom. The van der Waals surface area contributed by atoms with E-state index in [2.05, 4.69) is 6.92 Å². The van der Waals surface area contributed by atoms with Gasteiger partial charge in [-0.2, -0.15) is 5.10 Å². The molecular weight excluding hydrogens is 500 g/mol. The molecule has 0 unspecified atom stereocenters. The second-order valence-corrected chi connectivity index (χ2v) is 9.59. The molecule has 0 fully saturated rings. The normalized spacial score (nSPS) is 11.1. The van der Waals surface area contributed by atoms with Gasteiger partial charge in [-0.05, 0) is 62.7 Å². The predicted molar refractivity (Wildman–Crippen MR) is 158 cm³/mol. The maximum atomic E-state index is 13.4. The summed E-state index contributed by atoms with van der Waals surface area (Å²) in [5.74, 6) is 0.943. The second kappa shape index (κ2) is 12.0. The fourth-order valence-electron chi connectivity index (χ4n) is 4.86. The predicted octanol–water partition coefficient (Wildman–Crippen LogP) is 6.64. The minimum atomic E-state index is 0.0140. The first-order valence-electron chi connectivity index (χ1n) is 13.8. The molecule has 0 radical (unpaired) electrons. The molecule has 1 N–H and O–H groups in total. The Labute approximate surface area is 234 Å². The molecule has 5 aromatic rings. The highest BCUT2D eigenvalue weighted by atomic mass is 16.5. The Morgan fingerprint density at radius 2 is 1.60 bits per heavy atom. The van der Waals surface area contributed by atoms with E-state index in [1.54, 1.807) is 16.6 Å². The van der Waals surface area contributed by atoms with Crippen LogP contribution in [0.3, 0.4) is 0 Å². The van der Waals surface area contributed by atoms with Gasteiger partial charge in [-0.25, -0.2) is 9.50 Å². The average Bonchev–Trinajstić information content (AvgIpc) is 3.35. The third kappa shape index (κ3) is 5.41. The van der Waals surface area contributed by atoms with Gasteiger partial charge in [0, 0.05) is 35.3 Å². The van der Waals surface area contributed by atoms with E-state index in [0.717, 1.165) is 34.6 Å². The number of phenolic OH excluding ortho intramolecular Hbond substituents is 1. The largest absolute Gasteiger partial charge is 0.507 e. The van der Waals surface area contributed by atoms with Crippen molar-refractivity contribution in [3.63, 3.8) is 0 Å². The highest BCUT2D eigenvalue weighted by molar-refractivity contribution is 5.86. The topological polar surface area (TPSA) is 80.0 Å². The van der Waals surface area contributed by atoms with Crippen molar-refractivity contribution < 1.29 is 14.6 Å². The van der Waals surface area contributed by atoms with Crippen LogP contribution in [-0.2, 0) is 11.2 Å². The number of aromatic nitrogens is 3. The van der Waals surface area contributed by atoms with Gasteiger partial charge in [-0.3, -0.25) is 4.79 Å². The molecule has 2 heterocycles.